The first kappa shape index (κ1) is 9.98. The van der Waals surface area contributed by atoms with Gasteiger partial charge in [0.25, 0.3) is 0 Å². The van der Waals surface area contributed by atoms with Crippen molar-refractivity contribution in [1.82, 2.24) is 9.55 Å². The van der Waals surface area contributed by atoms with Gasteiger partial charge in [0.1, 0.15) is 0 Å². The van der Waals surface area contributed by atoms with Gasteiger partial charge in [-0.2, -0.15) is 0 Å². The van der Waals surface area contributed by atoms with Crippen LogP contribution in [0.3, 0.4) is 0 Å². The maximum atomic E-state index is 9.01. The van der Waals surface area contributed by atoms with Crippen LogP contribution in [0.15, 0.2) is 24.3 Å². The van der Waals surface area contributed by atoms with Gasteiger partial charge in [-0.25, -0.2) is 4.98 Å². The Labute approximate surface area is 88.6 Å². The van der Waals surface area contributed by atoms with Crippen LogP contribution >= 0.6 is 0 Å². The van der Waals surface area contributed by atoms with Crippen molar-refractivity contribution in [2.24, 2.45) is 0 Å². The van der Waals surface area contributed by atoms with Crippen LogP contribution in [0.1, 0.15) is 6.92 Å². The summed E-state index contributed by atoms with van der Waals surface area (Å²) in [5.41, 5.74) is 2.02. The van der Waals surface area contributed by atoms with Gasteiger partial charge in [0.05, 0.1) is 17.6 Å². The van der Waals surface area contributed by atoms with Crippen LogP contribution in [0.5, 0.6) is 0 Å². The lowest BCUT2D eigenvalue weighted by Crippen LogP contribution is -2.09. The van der Waals surface area contributed by atoms with Gasteiger partial charge in [0.2, 0.25) is 5.95 Å². The highest BCUT2D eigenvalue weighted by Crippen LogP contribution is 2.18. The number of aromatic nitrogens is 2. The van der Waals surface area contributed by atoms with E-state index < -0.39 is 0 Å². The summed E-state index contributed by atoms with van der Waals surface area (Å²) in [4.78, 5) is 4.46. The third kappa shape index (κ3) is 1.80. The molecule has 4 heteroatoms. The average Bonchev–Trinajstić information content (AvgIpc) is 2.59. The Morgan fingerprint density at radius 1 is 1.40 bits per heavy atom. The molecule has 0 saturated heterocycles. The smallest absolute Gasteiger partial charge is 0.203 e. The van der Waals surface area contributed by atoms with Gasteiger partial charge in [0.15, 0.2) is 0 Å². The second-order valence-electron chi connectivity index (χ2n) is 3.33. The minimum absolute atomic E-state index is 0.124. The number of benzene rings is 1. The number of hydrogen-bond acceptors (Lipinski definition) is 3. The van der Waals surface area contributed by atoms with Crippen LogP contribution < -0.4 is 5.32 Å². The standard InChI is InChI=1S/C11H15N3O/c1-2-12-11-13-9-5-3-4-6-10(9)14(11)7-8-15/h3-6,15H,2,7-8H2,1H3,(H,12,13). The molecule has 0 bridgehead atoms. The van der Waals surface area contributed by atoms with Crippen LogP contribution in [0.25, 0.3) is 11.0 Å². The molecule has 1 heterocycles. The van der Waals surface area contributed by atoms with Gasteiger partial charge in [-0.15, -0.1) is 0 Å². The molecule has 0 aliphatic carbocycles. The van der Waals surface area contributed by atoms with Gasteiger partial charge < -0.3 is 15.0 Å². The van der Waals surface area contributed by atoms with E-state index >= 15 is 0 Å². The highest BCUT2D eigenvalue weighted by Gasteiger charge is 2.07. The number of anilines is 1. The summed E-state index contributed by atoms with van der Waals surface area (Å²) in [5.74, 6) is 0.827. The van der Waals surface area contributed by atoms with Crippen LogP contribution in [-0.4, -0.2) is 27.8 Å². The second-order valence-corrected chi connectivity index (χ2v) is 3.33. The molecule has 0 aliphatic rings. The largest absolute Gasteiger partial charge is 0.395 e. The van der Waals surface area contributed by atoms with Crippen molar-refractivity contribution in [3.05, 3.63) is 24.3 Å². The number of rotatable bonds is 4. The molecule has 0 fully saturated rings. The summed E-state index contributed by atoms with van der Waals surface area (Å²) in [6, 6.07) is 7.94. The van der Waals surface area contributed by atoms with Crippen molar-refractivity contribution in [2.45, 2.75) is 13.5 Å². The summed E-state index contributed by atoms with van der Waals surface area (Å²) in [6.07, 6.45) is 0. The van der Waals surface area contributed by atoms with Gasteiger partial charge in [-0.3, -0.25) is 0 Å². The Bertz CT molecular complexity index is 450. The number of imidazole rings is 1. The van der Waals surface area contributed by atoms with Crippen LogP contribution in [-0.2, 0) is 6.54 Å². The Morgan fingerprint density at radius 2 is 2.20 bits per heavy atom. The molecule has 1 aromatic heterocycles. The molecule has 4 nitrogen and oxygen atoms in total. The minimum atomic E-state index is 0.124. The lowest BCUT2D eigenvalue weighted by atomic mass is 10.3. The number of nitrogens with one attached hydrogen (secondary N) is 1. The molecular formula is C11H15N3O. The fourth-order valence-electron chi connectivity index (χ4n) is 1.69. The first-order chi connectivity index (χ1) is 7.36. The third-order valence-corrected chi connectivity index (χ3v) is 2.31. The number of hydrogen-bond donors (Lipinski definition) is 2. The third-order valence-electron chi connectivity index (χ3n) is 2.31. The molecule has 80 valence electrons. The Morgan fingerprint density at radius 3 is 2.93 bits per heavy atom. The van der Waals surface area contributed by atoms with Gasteiger partial charge in [-0.05, 0) is 19.1 Å². The van der Waals surface area contributed by atoms with Gasteiger partial charge in [0, 0.05) is 13.1 Å². The highest BCUT2D eigenvalue weighted by molar-refractivity contribution is 5.78. The molecule has 0 radical (unpaired) electrons. The van der Waals surface area contributed by atoms with Crippen molar-refractivity contribution in [3.8, 4) is 0 Å². The second kappa shape index (κ2) is 4.31. The molecule has 0 unspecified atom stereocenters. The van der Waals surface area contributed by atoms with E-state index in [1.165, 1.54) is 0 Å². The zero-order valence-corrected chi connectivity index (χ0v) is 8.77. The van der Waals surface area contributed by atoms with Gasteiger partial charge in [-0.1, -0.05) is 12.1 Å². The number of nitrogens with zero attached hydrogens (tertiary/aromatic N) is 2. The van der Waals surface area contributed by atoms with Crippen molar-refractivity contribution < 1.29 is 5.11 Å². The SMILES string of the molecule is CCNc1nc2ccccc2n1CCO. The van der Waals surface area contributed by atoms with E-state index in [-0.39, 0.29) is 6.61 Å². The molecule has 15 heavy (non-hydrogen) atoms. The predicted molar refractivity (Wildman–Crippen MR) is 61.0 cm³/mol. The topological polar surface area (TPSA) is 50.1 Å². The minimum Gasteiger partial charge on any atom is -0.395 e. The summed E-state index contributed by atoms with van der Waals surface area (Å²) in [7, 11) is 0. The van der Waals surface area contributed by atoms with Crippen molar-refractivity contribution in [3.63, 3.8) is 0 Å². The summed E-state index contributed by atoms with van der Waals surface area (Å²) >= 11 is 0. The van der Waals surface area contributed by atoms with E-state index in [0.29, 0.717) is 6.54 Å². The number of aliphatic hydroxyl groups is 1. The molecule has 0 saturated carbocycles. The van der Waals surface area contributed by atoms with E-state index in [4.69, 9.17) is 5.11 Å². The number of aliphatic hydroxyl groups excluding tert-OH is 1. The molecule has 0 aliphatic heterocycles. The zero-order chi connectivity index (χ0) is 10.7. The Hall–Kier alpha value is -1.55. The molecular weight excluding hydrogens is 190 g/mol. The van der Waals surface area contributed by atoms with E-state index in [2.05, 4.69) is 10.3 Å². The van der Waals surface area contributed by atoms with E-state index in [0.717, 1.165) is 23.5 Å². The number of para-hydroxylation sites is 2. The fraction of sp³-hybridized carbons (Fsp3) is 0.364. The first-order valence-corrected chi connectivity index (χ1v) is 5.16. The molecule has 0 amide bonds. The van der Waals surface area contributed by atoms with Gasteiger partial charge >= 0.3 is 0 Å². The van der Waals surface area contributed by atoms with Crippen molar-refractivity contribution in [2.75, 3.05) is 18.5 Å². The van der Waals surface area contributed by atoms with Crippen molar-refractivity contribution >= 4 is 17.0 Å². The average molecular weight is 205 g/mol. The molecule has 2 N–H and O–H groups in total. The summed E-state index contributed by atoms with van der Waals surface area (Å²) in [6.45, 7) is 3.55. The quantitative estimate of drug-likeness (QED) is 0.794. The molecule has 0 spiro atoms. The summed E-state index contributed by atoms with van der Waals surface area (Å²) < 4.78 is 2.00. The molecule has 2 rings (SSSR count). The Kier molecular flexibility index (Phi) is 2.87. The predicted octanol–water partition coefficient (Wildman–Crippen LogP) is 1.46. The molecule has 1 aromatic carbocycles. The lowest BCUT2D eigenvalue weighted by molar-refractivity contribution is 0.278. The monoisotopic (exact) mass is 205 g/mol. The van der Waals surface area contributed by atoms with Crippen molar-refractivity contribution in [1.29, 1.82) is 0 Å². The van der Waals surface area contributed by atoms with Crippen LogP contribution in [0.4, 0.5) is 5.95 Å². The summed E-state index contributed by atoms with van der Waals surface area (Å²) in [5, 5.41) is 12.2. The first-order valence-electron chi connectivity index (χ1n) is 5.16. The van der Waals surface area contributed by atoms with Crippen LogP contribution in [0, 0.1) is 0 Å². The fourth-order valence-corrected chi connectivity index (χ4v) is 1.69. The molecule has 0 atom stereocenters. The van der Waals surface area contributed by atoms with E-state index in [1.54, 1.807) is 0 Å². The van der Waals surface area contributed by atoms with Crippen LogP contribution in [0.2, 0.25) is 0 Å². The lowest BCUT2D eigenvalue weighted by Gasteiger charge is -2.07. The van der Waals surface area contributed by atoms with E-state index in [9.17, 15) is 0 Å². The van der Waals surface area contributed by atoms with E-state index in [1.807, 2.05) is 35.8 Å². The molecule has 2 aromatic rings. The normalized spacial score (nSPS) is 10.8. The maximum absolute atomic E-state index is 9.01. The highest BCUT2D eigenvalue weighted by atomic mass is 16.3. The maximum Gasteiger partial charge on any atom is 0.203 e. The Balaban J connectivity index is 2.53. The number of fused-ring (bicyclic) bond motifs is 1. The zero-order valence-electron chi connectivity index (χ0n) is 8.77.